The van der Waals surface area contributed by atoms with Gasteiger partial charge in [-0.1, -0.05) is 11.3 Å². The van der Waals surface area contributed by atoms with E-state index in [1.165, 1.54) is 25.7 Å². The van der Waals surface area contributed by atoms with Crippen molar-refractivity contribution >= 4 is 26.8 Å². The van der Waals surface area contributed by atoms with E-state index in [4.69, 9.17) is 4.98 Å². The summed E-state index contributed by atoms with van der Waals surface area (Å²) in [7, 11) is 2.19. The highest BCUT2D eigenvalue weighted by atomic mass is 32.1. The second kappa shape index (κ2) is 4.42. The number of pyridine rings is 1. The molecule has 0 aromatic carbocycles. The lowest BCUT2D eigenvalue weighted by Gasteiger charge is -2.35. The lowest BCUT2D eigenvalue weighted by molar-refractivity contribution is 0.354. The summed E-state index contributed by atoms with van der Waals surface area (Å²) >= 11 is 1.71. The number of hydrogen-bond acceptors (Lipinski definition) is 5. The molecule has 0 radical (unpaired) electrons. The number of rotatable bonds is 2. The lowest BCUT2D eigenvalue weighted by atomic mass is 9.99. The van der Waals surface area contributed by atoms with Crippen LogP contribution in [0.25, 0.3) is 10.3 Å². The molecule has 2 aliphatic heterocycles. The van der Waals surface area contributed by atoms with Crippen LogP contribution < -0.4 is 10.2 Å². The Morgan fingerprint density at radius 3 is 2.84 bits per heavy atom. The topological polar surface area (TPSA) is 41.1 Å². The fourth-order valence-corrected chi connectivity index (χ4v) is 4.35. The molecule has 5 heteroatoms. The fourth-order valence-electron chi connectivity index (χ4n) is 3.41. The molecule has 19 heavy (non-hydrogen) atoms. The Bertz CT molecular complexity index is 551. The van der Waals surface area contributed by atoms with Crippen molar-refractivity contribution < 1.29 is 0 Å². The Hall–Kier alpha value is -1.20. The molecule has 0 aliphatic carbocycles. The lowest BCUT2D eigenvalue weighted by Crippen LogP contribution is -2.47. The van der Waals surface area contributed by atoms with Crippen molar-refractivity contribution in [1.82, 2.24) is 15.3 Å². The van der Waals surface area contributed by atoms with Gasteiger partial charge in [-0.3, -0.25) is 0 Å². The predicted octanol–water partition coefficient (Wildman–Crippen LogP) is 2.41. The molecule has 2 aliphatic rings. The van der Waals surface area contributed by atoms with Crippen LogP contribution in [0.4, 0.5) is 5.13 Å². The second-order valence-corrected chi connectivity index (χ2v) is 6.65. The molecule has 4 rings (SSSR count). The normalized spacial score (nSPS) is 29.8. The second-order valence-electron chi connectivity index (χ2n) is 5.70. The van der Waals surface area contributed by atoms with Crippen LogP contribution in [0.15, 0.2) is 18.3 Å². The molecule has 2 bridgehead atoms. The van der Waals surface area contributed by atoms with Gasteiger partial charge in [-0.2, -0.15) is 0 Å². The Morgan fingerprint density at radius 1 is 1.32 bits per heavy atom. The first-order valence-corrected chi connectivity index (χ1v) is 7.81. The fraction of sp³-hybridized carbons (Fsp3) is 0.571. The summed E-state index contributed by atoms with van der Waals surface area (Å²) in [5, 5.41) is 4.81. The molecule has 4 nitrogen and oxygen atoms in total. The SMILES string of the molecule is CN(c1nc2cccnc2s1)C1CC2CCC(C1)N2. The van der Waals surface area contributed by atoms with Crippen molar-refractivity contribution in [3.05, 3.63) is 18.3 Å². The van der Waals surface area contributed by atoms with Gasteiger partial charge in [0.25, 0.3) is 0 Å². The highest BCUT2D eigenvalue weighted by Gasteiger charge is 2.35. The van der Waals surface area contributed by atoms with Gasteiger partial charge in [-0.15, -0.1) is 0 Å². The summed E-state index contributed by atoms with van der Waals surface area (Å²) in [6.45, 7) is 0. The number of thiazole rings is 1. The third-order valence-corrected chi connectivity index (χ3v) is 5.52. The third kappa shape index (κ3) is 2.01. The minimum absolute atomic E-state index is 0.624. The number of fused-ring (bicyclic) bond motifs is 3. The van der Waals surface area contributed by atoms with E-state index in [9.17, 15) is 0 Å². The molecule has 2 fully saturated rings. The quantitative estimate of drug-likeness (QED) is 0.913. The maximum atomic E-state index is 4.72. The molecular weight excluding hydrogens is 256 g/mol. The Balaban J connectivity index is 1.60. The highest BCUT2D eigenvalue weighted by Crippen LogP contribution is 2.34. The molecule has 2 aromatic rings. The summed E-state index contributed by atoms with van der Waals surface area (Å²) in [5.74, 6) is 0. The standard InChI is InChI=1S/C14H18N4S/c1-18(11-7-9-4-5-10(8-11)16-9)14-17-12-3-2-6-15-13(12)19-14/h2-3,6,9-11,16H,4-5,7-8H2,1H3. The van der Waals surface area contributed by atoms with Gasteiger partial charge in [-0.05, 0) is 37.8 Å². The van der Waals surface area contributed by atoms with E-state index < -0.39 is 0 Å². The van der Waals surface area contributed by atoms with Crippen LogP contribution in [-0.4, -0.2) is 35.1 Å². The van der Waals surface area contributed by atoms with E-state index in [1.54, 1.807) is 11.3 Å². The van der Waals surface area contributed by atoms with Gasteiger partial charge in [0, 0.05) is 31.4 Å². The summed E-state index contributed by atoms with van der Waals surface area (Å²) in [5.41, 5.74) is 1.02. The first-order chi connectivity index (χ1) is 9.29. The van der Waals surface area contributed by atoms with Gasteiger partial charge in [0.15, 0.2) is 5.13 Å². The van der Waals surface area contributed by atoms with Crippen molar-refractivity contribution in [1.29, 1.82) is 0 Å². The summed E-state index contributed by atoms with van der Waals surface area (Å²) in [4.78, 5) is 12.5. The van der Waals surface area contributed by atoms with Crippen molar-refractivity contribution in [2.75, 3.05) is 11.9 Å². The maximum Gasteiger partial charge on any atom is 0.187 e. The van der Waals surface area contributed by atoms with Gasteiger partial charge < -0.3 is 10.2 Å². The minimum Gasteiger partial charge on any atom is -0.348 e. The molecule has 2 unspecified atom stereocenters. The number of hydrogen-bond donors (Lipinski definition) is 1. The zero-order chi connectivity index (χ0) is 12.8. The van der Waals surface area contributed by atoms with Crippen molar-refractivity contribution in [2.24, 2.45) is 0 Å². The van der Waals surface area contributed by atoms with Crippen molar-refractivity contribution in [2.45, 2.75) is 43.8 Å². The summed E-state index contributed by atoms with van der Waals surface area (Å²) in [6, 6.07) is 6.07. The van der Waals surface area contributed by atoms with Crippen LogP contribution in [0.2, 0.25) is 0 Å². The molecule has 2 saturated heterocycles. The van der Waals surface area contributed by atoms with Gasteiger partial charge >= 0.3 is 0 Å². The zero-order valence-electron chi connectivity index (χ0n) is 11.0. The molecule has 0 amide bonds. The van der Waals surface area contributed by atoms with E-state index in [0.717, 1.165) is 27.6 Å². The zero-order valence-corrected chi connectivity index (χ0v) is 11.9. The maximum absolute atomic E-state index is 4.72. The van der Waals surface area contributed by atoms with Crippen molar-refractivity contribution in [3.8, 4) is 0 Å². The van der Waals surface area contributed by atoms with E-state index >= 15 is 0 Å². The number of nitrogens with one attached hydrogen (secondary N) is 1. The van der Waals surface area contributed by atoms with Crippen molar-refractivity contribution in [3.63, 3.8) is 0 Å². The number of anilines is 1. The van der Waals surface area contributed by atoms with E-state index in [-0.39, 0.29) is 0 Å². The largest absolute Gasteiger partial charge is 0.348 e. The van der Waals surface area contributed by atoms with Crippen LogP contribution in [0.1, 0.15) is 25.7 Å². The molecule has 0 saturated carbocycles. The average Bonchev–Trinajstić information content (AvgIpc) is 3.01. The molecule has 1 N–H and O–H groups in total. The van der Waals surface area contributed by atoms with E-state index in [1.807, 2.05) is 18.3 Å². The van der Waals surface area contributed by atoms with Gasteiger partial charge in [0.2, 0.25) is 0 Å². The molecule has 100 valence electrons. The van der Waals surface area contributed by atoms with Gasteiger partial charge in [0.05, 0.1) is 0 Å². The summed E-state index contributed by atoms with van der Waals surface area (Å²) in [6.07, 6.45) is 7.02. The minimum atomic E-state index is 0.624. The van der Waals surface area contributed by atoms with Gasteiger partial charge in [-0.25, -0.2) is 9.97 Å². The monoisotopic (exact) mass is 274 g/mol. The molecule has 2 atom stereocenters. The third-order valence-electron chi connectivity index (χ3n) is 4.45. The molecule has 4 heterocycles. The predicted molar refractivity (Wildman–Crippen MR) is 78.8 cm³/mol. The first kappa shape index (κ1) is 11.6. The van der Waals surface area contributed by atoms with Crippen LogP contribution >= 0.6 is 11.3 Å². The first-order valence-electron chi connectivity index (χ1n) is 7.00. The Morgan fingerprint density at radius 2 is 2.11 bits per heavy atom. The number of aromatic nitrogens is 2. The summed E-state index contributed by atoms with van der Waals surface area (Å²) < 4.78 is 0. The molecule has 2 aromatic heterocycles. The Kier molecular flexibility index (Phi) is 2.70. The van der Waals surface area contributed by atoms with E-state index in [0.29, 0.717) is 6.04 Å². The Labute approximate surface area is 116 Å². The van der Waals surface area contributed by atoms with Gasteiger partial charge in [0.1, 0.15) is 10.3 Å². The van der Waals surface area contributed by atoms with Crippen LogP contribution in [0, 0.1) is 0 Å². The van der Waals surface area contributed by atoms with Crippen LogP contribution in [0.3, 0.4) is 0 Å². The number of nitrogens with zero attached hydrogens (tertiary/aromatic N) is 3. The smallest absolute Gasteiger partial charge is 0.187 e. The molecule has 0 spiro atoms. The number of piperidine rings is 1. The average molecular weight is 274 g/mol. The van der Waals surface area contributed by atoms with Crippen LogP contribution in [-0.2, 0) is 0 Å². The van der Waals surface area contributed by atoms with E-state index in [2.05, 4.69) is 22.2 Å². The van der Waals surface area contributed by atoms with Crippen LogP contribution in [0.5, 0.6) is 0 Å². The highest BCUT2D eigenvalue weighted by molar-refractivity contribution is 7.21. The molecular formula is C14H18N4S.